The summed E-state index contributed by atoms with van der Waals surface area (Å²) in [5.74, 6) is -0.815. The van der Waals surface area contributed by atoms with Crippen molar-refractivity contribution in [1.82, 2.24) is 0 Å². The van der Waals surface area contributed by atoms with Crippen molar-refractivity contribution in [3.8, 4) is 0 Å². The largest absolute Gasteiger partial charge is 0.464 e. The number of nitrogens with zero attached hydrogens (tertiary/aromatic N) is 1. The zero-order valence-corrected chi connectivity index (χ0v) is 14.7. The van der Waals surface area contributed by atoms with E-state index in [0.29, 0.717) is 24.8 Å². The van der Waals surface area contributed by atoms with Gasteiger partial charge in [0.25, 0.3) is 0 Å². The Hall–Kier alpha value is -1.24. The van der Waals surface area contributed by atoms with Gasteiger partial charge in [-0.15, -0.1) is 0 Å². The SMILES string of the molecule is C=C(C)C(=O)OC1CCC(COC(=O)C(C)(C)Br)CC1N=O. The number of carbonyl (C=O) groups excluding carboxylic acids is 2. The molecule has 0 spiro atoms. The van der Waals surface area contributed by atoms with Crippen molar-refractivity contribution in [2.24, 2.45) is 11.1 Å². The highest BCUT2D eigenvalue weighted by atomic mass is 79.9. The molecule has 1 saturated carbocycles. The molecule has 3 atom stereocenters. The van der Waals surface area contributed by atoms with Gasteiger partial charge in [0, 0.05) is 5.57 Å². The highest BCUT2D eigenvalue weighted by molar-refractivity contribution is 9.10. The molecule has 124 valence electrons. The van der Waals surface area contributed by atoms with E-state index in [1.54, 1.807) is 20.8 Å². The minimum Gasteiger partial charge on any atom is -0.464 e. The first-order chi connectivity index (χ1) is 10.1. The van der Waals surface area contributed by atoms with E-state index in [0.717, 1.165) is 0 Å². The lowest BCUT2D eigenvalue weighted by Crippen LogP contribution is -2.38. The third-order valence-corrected chi connectivity index (χ3v) is 3.86. The average Bonchev–Trinajstić information content (AvgIpc) is 2.44. The van der Waals surface area contributed by atoms with Gasteiger partial charge < -0.3 is 9.47 Å². The molecule has 0 aromatic heterocycles. The van der Waals surface area contributed by atoms with Crippen molar-refractivity contribution >= 4 is 27.9 Å². The van der Waals surface area contributed by atoms with E-state index in [-0.39, 0.29) is 18.5 Å². The highest BCUT2D eigenvalue weighted by Crippen LogP contribution is 2.30. The van der Waals surface area contributed by atoms with Crippen LogP contribution in [0.4, 0.5) is 0 Å². The first-order valence-corrected chi connectivity index (χ1v) is 7.99. The van der Waals surface area contributed by atoms with E-state index in [2.05, 4.69) is 27.7 Å². The maximum absolute atomic E-state index is 11.7. The van der Waals surface area contributed by atoms with E-state index in [9.17, 15) is 14.5 Å². The normalized spacial score (nSPS) is 25.2. The fourth-order valence-corrected chi connectivity index (χ4v) is 2.32. The molecular weight excluding hydrogens is 354 g/mol. The quantitative estimate of drug-likeness (QED) is 0.308. The minimum atomic E-state index is -0.733. The Kier molecular flexibility index (Phi) is 6.71. The molecule has 0 aromatic carbocycles. The van der Waals surface area contributed by atoms with Crippen LogP contribution in [0.25, 0.3) is 0 Å². The summed E-state index contributed by atoms with van der Waals surface area (Å²) >= 11 is 3.24. The lowest BCUT2D eigenvalue weighted by Gasteiger charge is -2.31. The number of halogens is 1. The molecule has 1 aliphatic rings. The first kappa shape index (κ1) is 18.8. The summed E-state index contributed by atoms with van der Waals surface area (Å²) < 4.78 is 9.75. The van der Waals surface area contributed by atoms with Crippen molar-refractivity contribution in [1.29, 1.82) is 0 Å². The number of ether oxygens (including phenoxy) is 2. The van der Waals surface area contributed by atoms with E-state index in [4.69, 9.17) is 9.47 Å². The molecule has 1 rings (SSSR count). The molecule has 0 saturated heterocycles. The number of esters is 2. The summed E-state index contributed by atoms with van der Waals surface area (Å²) in [7, 11) is 0. The molecule has 1 fully saturated rings. The van der Waals surface area contributed by atoms with Crippen molar-refractivity contribution in [3.63, 3.8) is 0 Å². The second-order valence-corrected chi connectivity index (χ2v) is 8.13. The van der Waals surface area contributed by atoms with Crippen LogP contribution in [0, 0.1) is 10.8 Å². The van der Waals surface area contributed by atoms with Gasteiger partial charge in [0.2, 0.25) is 0 Å². The van der Waals surface area contributed by atoms with Gasteiger partial charge in [-0.05, 0) is 46.0 Å². The lowest BCUT2D eigenvalue weighted by atomic mass is 9.84. The molecule has 0 heterocycles. The van der Waals surface area contributed by atoms with Crippen molar-refractivity contribution in [3.05, 3.63) is 17.1 Å². The molecule has 0 aliphatic heterocycles. The fourth-order valence-electron chi connectivity index (χ4n) is 2.21. The van der Waals surface area contributed by atoms with Crippen molar-refractivity contribution < 1.29 is 19.1 Å². The van der Waals surface area contributed by atoms with Crippen LogP contribution in [0.3, 0.4) is 0 Å². The molecule has 22 heavy (non-hydrogen) atoms. The first-order valence-electron chi connectivity index (χ1n) is 7.20. The van der Waals surface area contributed by atoms with Gasteiger partial charge in [-0.3, -0.25) is 4.79 Å². The van der Waals surface area contributed by atoms with Gasteiger partial charge in [-0.25, -0.2) is 4.79 Å². The Labute approximate surface area is 138 Å². The Bertz CT molecular complexity index is 457. The van der Waals surface area contributed by atoms with Crippen LogP contribution in [-0.4, -0.2) is 35.0 Å². The molecule has 0 amide bonds. The highest BCUT2D eigenvalue weighted by Gasteiger charge is 2.35. The number of carbonyl (C=O) groups is 2. The minimum absolute atomic E-state index is 0.0429. The average molecular weight is 376 g/mol. The summed E-state index contributed by atoms with van der Waals surface area (Å²) in [6.07, 6.45) is 1.14. The number of rotatable bonds is 6. The number of hydrogen-bond donors (Lipinski definition) is 0. The van der Waals surface area contributed by atoms with Crippen molar-refractivity contribution in [2.45, 2.75) is 56.5 Å². The number of hydrogen-bond acceptors (Lipinski definition) is 6. The number of nitroso groups, excluding NO2 is 1. The van der Waals surface area contributed by atoms with Crippen LogP contribution in [0.5, 0.6) is 0 Å². The second-order valence-electron chi connectivity index (χ2n) is 6.15. The summed E-state index contributed by atoms with van der Waals surface area (Å²) in [5.41, 5.74) is 0.292. The summed E-state index contributed by atoms with van der Waals surface area (Å²) in [6.45, 7) is 8.72. The second kappa shape index (κ2) is 7.85. The van der Waals surface area contributed by atoms with Gasteiger partial charge in [0.05, 0.1) is 6.61 Å². The molecule has 0 radical (unpaired) electrons. The molecule has 7 heteroatoms. The zero-order valence-electron chi connectivity index (χ0n) is 13.1. The van der Waals surface area contributed by atoms with Gasteiger partial charge in [0.15, 0.2) is 0 Å². The predicted molar refractivity (Wildman–Crippen MR) is 85.6 cm³/mol. The van der Waals surface area contributed by atoms with Crippen LogP contribution >= 0.6 is 15.9 Å². The fraction of sp³-hybridized carbons (Fsp3) is 0.733. The van der Waals surface area contributed by atoms with Crippen LogP contribution in [0.1, 0.15) is 40.0 Å². The molecule has 0 bridgehead atoms. The van der Waals surface area contributed by atoms with E-state index in [1.165, 1.54) is 0 Å². The van der Waals surface area contributed by atoms with Crippen LogP contribution in [0.15, 0.2) is 17.3 Å². The summed E-state index contributed by atoms with van der Waals surface area (Å²) in [6, 6.07) is -0.613. The topological polar surface area (TPSA) is 82.0 Å². The Morgan fingerprint density at radius 1 is 1.36 bits per heavy atom. The van der Waals surface area contributed by atoms with E-state index < -0.39 is 22.4 Å². The summed E-state index contributed by atoms with van der Waals surface area (Å²) in [4.78, 5) is 34.2. The maximum atomic E-state index is 11.7. The standard InChI is InChI=1S/C15H22BrNO5/c1-9(2)13(18)22-12-6-5-10(7-11(12)17-20)8-21-14(19)15(3,4)16/h10-12H,1,5-8H2,2-4H3. The molecule has 0 N–H and O–H groups in total. The van der Waals surface area contributed by atoms with Gasteiger partial charge in [-0.2, -0.15) is 4.91 Å². The Balaban J connectivity index is 2.51. The Morgan fingerprint density at radius 3 is 2.50 bits per heavy atom. The molecular formula is C15H22BrNO5. The molecule has 6 nitrogen and oxygen atoms in total. The van der Waals surface area contributed by atoms with Gasteiger partial charge in [-0.1, -0.05) is 27.7 Å². The van der Waals surface area contributed by atoms with E-state index >= 15 is 0 Å². The third kappa shape index (κ3) is 5.51. The van der Waals surface area contributed by atoms with Gasteiger partial charge in [0.1, 0.15) is 16.5 Å². The predicted octanol–water partition coefficient (Wildman–Crippen LogP) is 3.13. The number of alkyl halides is 1. The van der Waals surface area contributed by atoms with Gasteiger partial charge >= 0.3 is 11.9 Å². The van der Waals surface area contributed by atoms with Crippen LogP contribution in [0.2, 0.25) is 0 Å². The Morgan fingerprint density at radius 2 is 2.00 bits per heavy atom. The van der Waals surface area contributed by atoms with E-state index in [1.807, 2.05) is 0 Å². The third-order valence-electron chi connectivity index (χ3n) is 3.54. The monoisotopic (exact) mass is 375 g/mol. The van der Waals surface area contributed by atoms with Crippen LogP contribution in [-0.2, 0) is 19.1 Å². The maximum Gasteiger partial charge on any atom is 0.333 e. The molecule has 1 aliphatic carbocycles. The molecule has 0 aromatic rings. The van der Waals surface area contributed by atoms with Crippen LogP contribution < -0.4 is 0 Å². The summed E-state index contributed by atoms with van der Waals surface area (Å²) in [5, 5.41) is 3.06. The zero-order chi connectivity index (χ0) is 16.9. The van der Waals surface area contributed by atoms with Crippen molar-refractivity contribution in [2.75, 3.05) is 6.61 Å². The molecule has 3 unspecified atom stereocenters. The smallest absolute Gasteiger partial charge is 0.333 e. The lowest BCUT2D eigenvalue weighted by molar-refractivity contribution is -0.149.